The molecule has 2 unspecified atom stereocenters. The van der Waals surface area contributed by atoms with Crippen molar-refractivity contribution in [2.75, 3.05) is 0 Å². The van der Waals surface area contributed by atoms with Gasteiger partial charge in [0, 0.05) is 22.7 Å². The van der Waals surface area contributed by atoms with Gasteiger partial charge in [-0.1, -0.05) is 223 Å². The first-order chi connectivity index (χ1) is 35.5. The van der Waals surface area contributed by atoms with Crippen LogP contribution < -0.4 is 10.4 Å². The molecule has 0 fully saturated rings. The van der Waals surface area contributed by atoms with Crippen molar-refractivity contribution in [1.29, 1.82) is 0 Å². The molecule has 0 aromatic heterocycles. The van der Waals surface area contributed by atoms with Crippen LogP contribution in [0.5, 0.6) is 0 Å². The number of allylic oxidation sites excluding steroid dienone is 8. The van der Waals surface area contributed by atoms with Gasteiger partial charge < -0.3 is 0 Å². The van der Waals surface area contributed by atoms with Gasteiger partial charge in [-0.15, -0.1) is 0 Å². The maximum absolute atomic E-state index is 2.68. The Hall–Kier alpha value is -7.84. The standard InChI is InChI=1S/C72H54Si/c1-71(2)61-25-10-7-18-46(61)48-31-29-43(37-63(48)71)68-56-33-28-42(45-34-35-55-53-22-14-17-41-16-13-21-52(67(41)53)54-24-15-23-51(45)70(54)55)36-58(56)69(44-30-32-49-47-19-8-11-26-62(47)72(3,4)64(49)38-44)60-40-66-57(39-59(60)68)50-20-9-12-27-65(50)73(66,5)6/h7-40,55,70H,1-6H3. The zero-order chi connectivity index (χ0) is 48.9. The van der Waals surface area contributed by atoms with Crippen LogP contribution in [0.2, 0.25) is 13.1 Å². The van der Waals surface area contributed by atoms with E-state index in [1.807, 2.05) is 0 Å². The smallest absolute Gasteiger partial charge is 0.0754 e. The van der Waals surface area contributed by atoms with E-state index < -0.39 is 8.07 Å². The molecule has 0 radical (unpaired) electrons. The Balaban J connectivity index is 1.01. The molecule has 0 saturated carbocycles. The molecule has 2 atom stereocenters. The summed E-state index contributed by atoms with van der Waals surface area (Å²) in [5.41, 5.74) is 27.1. The van der Waals surface area contributed by atoms with Crippen LogP contribution in [0.1, 0.15) is 72.6 Å². The molecule has 0 spiro atoms. The zero-order valence-corrected chi connectivity index (χ0v) is 43.3. The fourth-order valence-electron chi connectivity index (χ4n) is 15.3. The molecule has 0 nitrogen and oxygen atoms in total. The van der Waals surface area contributed by atoms with Gasteiger partial charge in [0.15, 0.2) is 0 Å². The topological polar surface area (TPSA) is 0 Å². The maximum Gasteiger partial charge on any atom is 0.113 e. The molecule has 10 aromatic rings. The van der Waals surface area contributed by atoms with Crippen molar-refractivity contribution in [3.63, 3.8) is 0 Å². The van der Waals surface area contributed by atoms with Crippen LogP contribution in [0.3, 0.4) is 0 Å². The van der Waals surface area contributed by atoms with Crippen molar-refractivity contribution in [3.05, 3.63) is 251 Å². The van der Waals surface area contributed by atoms with Gasteiger partial charge in [-0.25, -0.2) is 0 Å². The lowest BCUT2D eigenvalue weighted by Gasteiger charge is -2.39. The molecule has 16 rings (SSSR count). The minimum absolute atomic E-state index is 0.129. The largest absolute Gasteiger partial charge is 0.113 e. The van der Waals surface area contributed by atoms with E-state index in [4.69, 9.17) is 0 Å². The lowest BCUT2D eigenvalue weighted by atomic mass is 9.63. The van der Waals surface area contributed by atoms with Crippen LogP contribution in [0.15, 0.2) is 212 Å². The van der Waals surface area contributed by atoms with E-state index in [0.717, 1.165) is 0 Å². The van der Waals surface area contributed by atoms with Gasteiger partial charge >= 0.3 is 0 Å². The summed E-state index contributed by atoms with van der Waals surface area (Å²) in [6, 6.07) is 68.9. The average molecular weight is 947 g/mol. The minimum Gasteiger partial charge on any atom is -0.0754 e. The number of benzene rings is 10. The van der Waals surface area contributed by atoms with Gasteiger partial charge in [0.1, 0.15) is 8.07 Å². The predicted molar refractivity (Wildman–Crippen MR) is 313 cm³/mol. The Kier molecular flexibility index (Phi) is 8.13. The molecule has 0 amide bonds. The molecule has 6 aliphatic rings. The first-order valence-corrected chi connectivity index (χ1v) is 29.5. The lowest BCUT2D eigenvalue weighted by molar-refractivity contribution is 0.660. The second kappa shape index (κ2) is 14.2. The summed E-state index contributed by atoms with van der Waals surface area (Å²) >= 11 is 0. The zero-order valence-electron chi connectivity index (χ0n) is 42.3. The number of fused-ring (bicyclic) bond motifs is 13. The first kappa shape index (κ1) is 41.7. The van der Waals surface area contributed by atoms with Crippen LogP contribution in [0, 0.1) is 5.92 Å². The Morgan fingerprint density at radius 3 is 1.71 bits per heavy atom. The Morgan fingerprint density at radius 1 is 0.425 bits per heavy atom. The molecule has 10 aromatic carbocycles. The van der Waals surface area contributed by atoms with Crippen molar-refractivity contribution in [3.8, 4) is 55.6 Å². The monoisotopic (exact) mass is 946 g/mol. The molecular weight excluding hydrogens is 893 g/mol. The summed E-state index contributed by atoms with van der Waals surface area (Å²) < 4.78 is 0. The Morgan fingerprint density at radius 2 is 1.00 bits per heavy atom. The van der Waals surface area contributed by atoms with E-state index in [1.165, 1.54) is 154 Å². The second-order valence-electron chi connectivity index (χ2n) is 23.4. The van der Waals surface area contributed by atoms with E-state index in [0.29, 0.717) is 0 Å². The second-order valence-corrected chi connectivity index (χ2v) is 27.8. The summed E-state index contributed by atoms with van der Waals surface area (Å²) in [5.74, 6) is 0.539. The maximum atomic E-state index is 2.68. The molecule has 1 aliphatic heterocycles. The van der Waals surface area contributed by atoms with Crippen molar-refractivity contribution in [2.24, 2.45) is 5.92 Å². The first-order valence-electron chi connectivity index (χ1n) is 26.5. The predicted octanol–water partition coefficient (Wildman–Crippen LogP) is 17.6. The Labute approximate surface area is 429 Å². The molecular formula is C72H54Si. The molecule has 0 bridgehead atoms. The van der Waals surface area contributed by atoms with Crippen LogP contribution >= 0.6 is 0 Å². The van der Waals surface area contributed by atoms with Gasteiger partial charge in [-0.05, 0) is 178 Å². The van der Waals surface area contributed by atoms with Gasteiger partial charge in [0.2, 0.25) is 0 Å². The lowest BCUT2D eigenvalue weighted by Crippen LogP contribution is -2.49. The molecule has 0 saturated heterocycles. The number of hydrogen-bond donors (Lipinski definition) is 0. The highest BCUT2D eigenvalue weighted by atomic mass is 28.3. The third-order valence-corrected chi connectivity index (χ3v) is 22.4. The molecule has 73 heavy (non-hydrogen) atoms. The quantitative estimate of drug-likeness (QED) is 0.122. The fraction of sp³-hybridized carbons (Fsp3) is 0.139. The third kappa shape index (κ3) is 5.35. The normalized spacial score (nSPS) is 19.1. The van der Waals surface area contributed by atoms with E-state index in [1.54, 1.807) is 0 Å². The SMILES string of the molecule is CC1(C)c2ccccc2-c2ccc(-c3c4ccc(C5=C6C=CC=C7c8cccc9cccc(c89)C(C=C5)C76)cc4c(-c4ccc5c(c4)C(C)(C)c4ccccc4-5)c4cc5c(cc34)-c3ccccc3[Si]5(C)C)cc21. The summed E-state index contributed by atoms with van der Waals surface area (Å²) in [6.45, 7) is 14.8. The van der Waals surface area contributed by atoms with Crippen LogP contribution in [-0.4, -0.2) is 8.07 Å². The summed E-state index contributed by atoms with van der Waals surface area (Å²) in [7, 11) is -2.08. The molecule has 346 valence electrons. The molecule has 1 heterocycles. The van der Waals surface area contributed by atoms with Crippen LogP contribution in [0.25, 0.3) is 99.1 Å². The van der Waals surface area contributed by atoms with E-state index in [-0.39, 0.29) is 22.7 Å². The fourth-order valence-corrected chi connectivity index (χ4v) is 18.4. The van der Waals surface area contributed by atoms with Gasteiger partial charge in [0.05, 0.1) is 0 Å². The van der Waals surface area contributed by atoms with Crippen LogP contribution in [-0.2, 0) is 10.8 Å². The molecule has 0 N–H and O–H groups in total. The van der Waals surface area contributed by atoms with E-state index in [2.05, 4.69) is 247 Å². The van der Waals surface area contributed by atoms with E-state index in [9.17, 15) is 0 Å². The molecule has 5 aliphatic carbocycles. The van der Waals surface area contributed by atoms with Gasteiger partial charge in [0.25, 0.3) is 0 Å². The highest BCUT2D eigenvalue weighted by Gasteiger charge is 2.42. The van der Waals surface area contributed by atoms with Crippen molar-refractivity contribution in [2.45, 2.75) is 57.5 Å². The highest BCUT2D eigenvalue weighted by molar-refractivity contribution is 7.04. The van der Waals surface area contributed by atoms with Crippen molar-refractivity contribution in [1.82, 2.24) is 0 Å². The van der Waals surface area contributed by atoms with Crippen molar-refractivity contribution < 1.29 is 0 Å². The molecule has 1 heteroatoms. The van der Waals surface area contributed by atoms with E-state index >= 15 is 0 Å². The van der Waals surface area contributed by atoms with Gasteiger partial charge in [-0.2, -0.15) is 0 Å². The summed E-state index contributed by atoms with van der Waals surface area (Å²) in [4.78, 5) is 0. The Bertz CT molecular complexity index is 4340. The number of rotatable bonds is 3. The van der Waals surface area contributed by atoms with Crippen LogP contribution in [0.4, 0.5) is 0 Å². The third-order valence-electron chi connectivity index (χ3n) is 18.8. The van der Waals surface area contributed by atoms with Crippen molar-refractivity contribution >= 4 is 61.9 Å². The number of hydrogen-bond acceptors (Lipinski definition) is 0. The highest BCUT2D eigenvalue weighted by Crippen LogP contribution is 2.57. The minimum atomic E-state index is -2.08. The van der Waals surface area contributed by atoms with Gasteiger partial charge in [-0.3, -0.25) is 0 Å². The average Bonchev–Trinajstić information content (AvgIpc) is 3.93. The summed E-state index contributed by atoms with van der Waals surface area (Å²) in [6.07, 6.45) is 12.1. The summed E-state index contributed by atoms with van der Waals surface area (Å²) in [5, 5.41) is 11.1.